The van der Waals surface area contributed by atoms with Gasteiger partial charge in [-0.25, -0.2) is 0 Å². The topological polar surface area (TPSA) is 71.1 Å². The molecule has 1 N–H and O–H groups in total. The second kappa shape index (κ2) is 8.43. The van der Waals surface area contributed by atoms with E-state index in [1.165, 1.54) is 0 Å². The Bertz CT molecular complexity index is 901. The molecule has 7 nitrogen and oxygen atoms in total. The van der Waals surface area contributed by atoms with Crippen LogP contribution in [0.1, 0.15) is 12.8 Å². The molecule has 1 fully saturated rings. The minimum absolute atomic E-state index is 0.00905. The number of amides is 2. The van der Waals surface area contributed by atoms with Crippen LogP contribution in [0.4, 0.5) is 11.4 Å². The normalized spacial score (nSPS) is 18.2. The molecule has 0 aromatic heterocycles. The Morgan fingerprint density at radius 1 is 1.17 bits per heavy atom. The van der Waals surface area contributed by atoms with Crippen LogP contribution >= 0.6 is 0 Å². The average Bonchev–Trinajstić information content (AvgIpc) is 3.21. The number of methoxy groups -OCH3 is 1. The Balaban J connectivity index is 1.31. The summed E-state index contributed by atoms with van der Waals surface area (Å²) < 4.78 is 10.9. The molecule has 0 bridgehead atoms. The van der Waals surface area contributed by atoms with Gasteiger partial charge in [0.2, 0.25) is 5.91 Å². The highest BCUT2D eigenvalue weighted by atomic mass is 16.5. The largest absolute Gasteiger partial charge is 0.495 e. The van der Waals surface area contributed by atoms with Crippen LogP contribution in [-0.4, -0.2) is 51.2 Å². The van der Waals surface area contributed by atoms with Crippen LogP contribution in [-0.2, 0) is 9.59 Å². The SMILES string of the molecule is COc1ccccc1N1CCC(NC(=O)CCN2C(=O)COc3ccccc32)C1. The summed E-state index contributed by atoms with van der Waals surface area (Å²) in [6.07, 6.45) is 1.13. The third-order valence-electron chi connectivity index (χ3n) is 5.35. The summed E-state index contributed by atoms with van der Waals surface area (Å²) in [6.45, 7) is 1.95. The molecular formula is C22H25N3O4. The molecule has 0 saturated carbocycles. The molecule has 0 spiro atoms. The third-order valence-corrected chi connectivity index (χ3v) is 5.35. The van der Waals surface area contributed by atoms with Crippen molar-refractivity contribution >= 4 is 23.2 Å². The van der Waals surface area contributed by atoms with Gasteiger partial charge in [-0.05, 0) is 30.7 Å². The fourth-order valence-corrected chi connectivity index (χ4v) is 3.90. The maximum atomic E-state index is 12.5. The van der Waals surface area contributed by atoms with E-state index in [2.05, 4.69) is 10.2 Å². The Kier molecular flexibility index (Phi) is 5.55. The van der Waals surface area contributed by atoms with Crippen molar-refractivity contribution in [3.8, 4) is 11.5 Å². The summed E-state index contributed by atoms with van der Waals surface area (Å²) in [7, 11) is 1.67. The van der Waals surface area contributed by atoms with Crippen molar-refractivity contribution in [2.24, 2.45) is 0 Å². The molecular weight excluding hydrogens is 370 g/mol. The van der Waals surface area contributed by atoms with E-state index in [1.807, 2.05) is 48.5 Å². The van der Waals surface area contributed by atoms with Gasteiger partial charge in [0.1, 0.15) is 11.5 Å². The summed E-state index contributed by atoms with van der Waals surface area (Å²) in [5.41, 5.74) is 1.77. The van der Waals surface area contributed by atoms with Crippen molar-refractivity contribution in [1.29, 1.82) is 0 Å². The fraction of sp³-hybridized carbons (Fsp3) is 0.364. The number of para-hydroxylation sites is 4. The first kappa shape index (κ1) is 19.1. The van der Waals surface area contributed by atoms with Gasteiger partial charge in [-0.3, -0.25) is 9.59 Å². The maximum absolute atomic E-state index is 12.5. The van der Waals surface area contributed by atoms with E-state index in [1.54, 1.807) is 12.0 Å². The number of benzene rings is 2. The first-order chi connectivity index (χ1) is 14.2. The predicted molar refractivity (Wildman–Crippen MR) is 111 cm³/mol. The van der Waals surface area contributed by atoms with Crippen LogP contribution in [0.15, 0.2) is 48.5 Å². The van der Waals surface area contributed by atoms with Gasteiger partial charge in [-0.2, -0.15) is 0 Å². The van der Waals surface area contributed by atoms with Crippen molar-refractivity contribution in [2.75, 3.05) is 43.2 Å². The van der Waals surface area contributed by atoms with Gasteiger partial charge >= 0.3 is 0 Å². The highest BCUT2D eigenvalue weighted by Crippen LogP contribution is 2.32. The molecule has 2 aromatic rings. The quantitative estimate of drug-likeness (QED) is 0.812. The molecule has 2 aromatic carbocycles. The van der Waals surface area contributed by atoms with E-state index in [0.29, 0.717) is 12.3 Å². The van der Waals surface area contributed by atoms with Gasteiger partial charge in [0, 0.05) is 32.1 Å². The van der Waals surface area contributed by atoms with Gasteiger partial charge in [-0.15, -0.1) is 0 Å². The van der Waals surface area contributed by atoms with Gasteiger partial charge in [0.05, 0.1) is 18.5 Å². The van der Waals surface area contributed by atoms with Gasteiger partial charge in [0.15, 0.2) is 6.61 Å². The zero-order valence-electron chi connectivity index (χ0n) is 16.5. The summed E-state index contributed by atoms with van der Waals surface area (Å²) in [6, 6.07) is 15.4. The lowest BCUT2D eigenvalue weighted by atomic mass is 10.2. The Morgan fingerprint density at radius 3 is 2.76 bits per heavy atom. The molecule has 1 saturated heterocycles. The molecule has 1 atom stereocenters. The Labute approximate surface area is 170 Å². The standard InChI is InChI=1S/C22H25N3O4/c1-28-19-8-4-2-6-17(19)24-12-10-16(14-24)23-21(26)11-13-25-18-7-3-5-9-20(18)29-15-22(25)27/h2-9,16H,10-15H2,1H3,(H,23,26). The van der Waals surface area contributed by atoms with Crippen LogP contribution in [0.3, 0.4) is 0 Å². The molecule has 2 aliphatic heterocycles. The van der Waals surface area contributed by atoms with E-state index in [4.69, 9.17) is 9.47 Å². The monoisotopic (exact) mass is 395 g/mol. The number of anilines is 2. The molecule has 0 aliphatic carbocycles. The number of rotatable bonds is 6. The summed E-state index contributed by atoms with van der Waals surface area (Å²) in [4.78, 5) is 28.6. The van der Waals surface area contributed by atoms with E-state index in [9.17, 15) is 9.59 Å². The molecule has 0 radical (unpaired) electrons. The Morgan fingerprint density at radius 2 is 1.93 bits per heavy atom. The number of carbonyl (C=O) groups excluding carboxylic acids is 2. The molecule has 1 unspecified atom stereocenters. The second-order valence-electron chi connectivity index (χ2n) is 7.22. The molecule has 2 amide bonds. The minimum atomic E-state index is -0.125. The molecule has 7 heteroatoms. The number of nitrogens with zero attached hydrogens (tertiary/aromatic N) is 2. The number of hydrogen-bond donors (Lipinski definition) is 1. The van der Waals surface area contributed by atoms with Crippen molar-refractivity contribution in [1.82, 2.24) is 5.32 Å². The maximum Gasteiger partial charge on any atom is 0.265 e. The number of hydrogen-bond acceptors (Lipinski definition) is 5. The summed E-state index contributed by atoms with van der Waals surface area (Å²) >= 11 is 0. The zero-order chi connectivity index (χ0) is 20.2. The minimum Gasteiger partial charge on any atom is -0.495 e. The molecule has 29 heavy (non-hydrogen) atoms. The van der Waals surface area contributed by atoms with Gasteiger partial charge < -0.3 is 24.6 Å². The third kappa shape index (κ3) is 4.13. The highest BCUT2D eigenvalue weighted by molar-refractivity contribution is 5.98. The zero-order valence-corrected chi connectivity index (χ0v) is 16.5. The van der Waals surface area contributed by atoms with E-state index in [0.717, 1.165) is 36.6 Å². The number of ether oxygens (including phenoxy) is 2. The highest BCUT2D eigenvalue weighted by Gasteiger charge is 2.28. The lowest BCUT2D eigenvalue weighted by Gasteiger charge is -2.29. The summed E-state index contributed by atoms with van der Waals surface area (Å²) in [5.74, 6) is 1.34. The predicted octanol–water partition coefficient (Wildman–Crippen LogP) is 2.21. The van der Waals surface area contributed by atoms with Crippen LogP contribution in [0, 0.1) is 0 Å². The molecule has 2 heterocycles. The Hall–Kier alpha value is -3.22. The summed E-state index contributed by atoms with van der Waals surface area (Å²) in [5, 5.41) is 3.10. The van der Waals surface area contributed by atoms with Crippen LogP contribution in [0.5, 0.6) is 11.5 Å². The van der Waals surface area contributed by atoms with Crippen molar-refractivity contribution in [3.63, 3.8) is 0 Å². The van der Waals surface area contributed by atoms with Crippen LogP contribution < -0.4 is 24.6 Å². The average molecular weight is 395 g/mol. The van der Waals surface area contributed by atoms with Gasteiger partial charge in [0.25, 0.3) is 5.91 Å². The number of nitrogens with one attached hydrogen (secondary N) is 1. The van der Waals surface area contributed by atoms with Crippen molar-refractivity contribution in [2.45, 2.75) is 18.9 Å². The van der Waals surface area contributed by atoms with Crippen LogP contribution in [0.25, 0.3) is 0 Å². The number of carbonyl (C=O) groups is 2. The van der Waals surface area contributed by atoms with E-state index < -0.39 is 0 Å². The van der Waals surface area contributed by atoms with E-state index >= 15 is 0 Å². The molecule has 2 aliphatic rings. The van der Waals surface area contributed by atoms with Crippen molar-refractivity contribution in [3.05, 3.63) is 48.5 Å². The molecule has 4 rings (SSSR count). The second-order valence-corrected chi connectivity index (χ2v) is 7.22. The molecule has 152 valence electrons. The lowest BCUT2D eigenvalue weighted by molar-refractivity contribution is -0.122. The lowest BCUT2D eigenvalue weighted by Crippen LogP contribution is -2.42. The van der Waals surface area contributed by atoms with E-state index in [-0.39, 0.29) is 30.9 Å². The smallest absolute Gasteiger partial charge is 0.265 e. The van der Waals surface area contributed by atoms with Crippen LogP contribution in [0.2, 0.25) is 0 Å². The first-order valence-electron chi connectivity index (χ1n) is 9.85. The first-order valence-corrected chi connectivity index (χ1v) is 9.85. The number of fused-ring (bicyclic) bond motifs is 1. The van der Waals surface area contributed by atoms with Crippen molar-refractivity contribution < 1.29 is 19.1 Å². The van der Waals surface area contributed by atoms with Gasteiger partial charge in [-0.1, -0.05) is 24.3 Å². The fourth-order valence-electron chi connectivity index (χ4n) is 3.90.